The molecular formula is C12H15N3O2. The number of hydrogen-bond acceptors (Lipinski definition) is 4. The lowest BCUT2D eigenvalue weighted by Crippen LogP contribution is -2.11. The van der Waals surface area contributed by atoms with E-state index in [0.717, 1.165) is 12.8 Å². The van der Waals surface area contributed by atoms with Crippen molar-refractivity contribution in [3.05, 3.63) is 18.0 Å². The molecule has 0 aromatic carbocycles. The lowest BCUT2D eigenvalue weighted by Gasteiger charge is -2.09. The van der Waals surface area contributed by atoms with Crippen molar-refractivity contribution in [1.82, 2.24) is 9.78 Å². The van der Waals surface area contributed by atoms with E-state index in [1.807, 2.05) is 0 Å². The minimum Gasteiger partial charge on any atom is -0.462 e. The first-order chi connectivity index (χ1) is 8.19. The molecule has 1 heterocycles. The van der Waals surface area contributed by atoms with E-state index in [4.69, 9.17) is 10.00 Å². The smallest absolute Gasteiger partial charge is 0.341 e. The number of carbonyl (C=O) groups is 1. The lowest BCUT2D eigenvalue weighted by molar-refractivity contribution is 0.0526. The number of esters is 1. The van der Waals surface area contributed by atoms with Crippen LogP contribution >= 0.6 is 0 Å². The van der Waals surface area contributed by atoms with E-state index in [0.29, 0.717) is 25.1 Å². The van der Waals surface area contributed by atoms with E-state index in [9.17, 15) is 4.79 Å². The van der Waals surface area contributed by atoms with Crippen molar-refractivity contribution in [3.63, 3.8) is 0 Å². The Hall–Kier alpha value is -1.83. The highest BCUT2D eigenvalue weighted by atomic mass is 16.5. The van der Waals surface area contributed by atoms with E-state index < -0.39 is 0 Å². The van der Waals surface area contributed by atoms with Gasteiger partial charge in [-0.05, 0) is 19.8 Å². The molecular weight excluding hydrogens is 218 g/mol. The molecule has 1 aromatic heterocycles. The van der Waals surface area contributed by atoms with Gasteiger partial charge in [0.2, 0.25) is 0 Å². The highest BCUT2D eigenvalue weighted by Gasteiger charge is 2.43. The predicted molar refractivity (Wildman–Crippen MR) is 60.1 cm³/mol. The average molecular weight is 233 g/mol. The van der Waals surface area contributed by atoms with Crippen molar-refractivity contribution in [1.29, 1.82) is 5.26 Å². The summed E-state index contributed by atoms with van der Waals surface area (Å²) in [5.74, 6) is -0.344. The van der Waals surface area contributed by atoms with Gasteiger partial charge in [-0.2, -0.15) is 10.4 Å². The van der Waals surface area contributed by atoms with Gasteiger partial charge >= 0.3 is 5.97 Å². The largest absolute Gasteiger partial charge is 0.462 e. The Labute approximate surface area is 100.0 Å². The Morgan fingerprint density at radius 3 is 3.06 bits per heavy atom. The van der Waals surface area contributed by atoms with Gasteiger partial charge in [-0.15, -0.1) is 0 Å². The van der Waals surface area contributed by atoms with Crippen LogP contribution in [-0.2, 0) is 11.3 Å². The molecule has 2 rings (SSSR count). The van der Waals surface area contributed by atoms with Crippen molar-refractivity contribution in [2.75, 3.05) is 6.61 Å². The Balaban J connectivity index is 1.99. The van der Waals surface area contributed by atoms with Crippen LogP contribution in [0.15, 0.2) is 12.4 Å². The third-order valence-electron chi connectivity index (χ3n) is 3.05. The van der Waals surface area contributed by atoms with E-state index >= 15 is 0 Å². The van der Waals surface area contributed by atoms with Gasteiger partial charge in [0, 0.05) is 24.6 Å². The molecule has 0 bridgehead atoms. The standard InChI is InChI=1S/C12H15N3O2/c1-2-17-11(16)10-7-14-15(8-10)9-12(3-4-12)5-6-13/h7-8H,2-5,9H2,1H3. The quantitative estimate of drug-likeness (QED) is 0.726. The second kappa shape index (κ2) is 4.58. The Kier molecular flexibility index (Phi) is 3.14. The van der Waals surface area contributed by atoms with Crippen LogP contribution in [0.5, 0.6) is 0 Å². The van der Waals surface area contributed by atoms with Crippen molar-refractivity contribution >= 4 is 5.97 Å². The number of aromatic nitrogens is 2. The van der Waals surface area contributed by atoms with Gasteiger partial charge < -0.3 is 4.74 Å². The highest BCUT2D eigenvalue weighted by molar-refractivity contribution is 5.88. The minimum absolute atomic E-state index is 0.0900. The first-order valence-electron chi connectivity index (χ1n) is 5.76. The highest BCUT2D eigenvalue weighted by Crippen LogP contribution is 2.49. The molecule has 1 fully saturated rings. The number of hydrogen-bond donors (Lipinski definition) is 0. The van der Waals surface area contributed by atoms with Gasteiger partial charge in [-0.3, -0.25) is 4.68 Å². The summed E-state index contributed by atoms with van der Waals surface area (Å²) in [6.07, 6.45) is 5.89. The zero-order valence-electron chi connectivity index (χ0n) is 9.85. The molecule has 90 valence electrons. The average Bonchev–Trinajstić information content (AvgIpc) is 2.89. The third-order valence-corrected chi connectivity index (χ3v) is 3.05. The van der Waals surface area contributed by atoms with Crippen LogP contribution in [0.4, 0.5) is 0 Å². The normalized spacial score (nSPS) is 16.2. The van der Waals surface area contributed by atoms with Crippen LogP contribution in [-0.4, -0.2) is 22.4 Å². The van der Waals surface area contributed by atoms with Crippen LogP contribution in [0.2, 0.25) is 0 Å². The van der Waals surface area contributed by atoms with Crippen molar-refractivity contribution in [3.8, 4) is 6.07 Å². The van der Waals surface area contributed by atoms with Crippen LogP contribution in [0.1, 0.15) is 36.5 Å². The second-order valence-electron chi connectivity index (χ2n) is 4.48. The molecule has 1 aromatic rings. The Morgan fingerprint density at radius 1 is 1.71 bits per heavy atom. The van der Waals surface area contributed by atoms with Crippen molar-refractivity contribution in [2.24, 2.45) is 5.41 Å². The molecule has 1 saturated carbocycles. The molecule has 0 unspecified atom stereocenters. The Bertz CT molecular complexity index is 455. The molecule has 0 saturated heterocycles. The molecule has 0 N–H and O–H groups in total. The van der Waals surface area contributed by atoms with E-state index in [2.05, 4.69) is 11.2 Å². The summed E-state index contributed by atoms with van der Waals surface area (Å²) < 4.78 is 6.62. The Morgan fingerprint density at radius 2 is 2.47 bits per heavy atom. The number of carbonyl (C=O) groups excluding carboxylic acids is 1. The van der Waals surface area contributed by atoms with E-state index in [-0.39, 0.29) is 11.4 Å². The second-order valence-corrected chi connectivity index (χ2v) is 4.48. The molecule has 0 atom stereocenters. The first kappa shape index (κ1) is 11.6. The lowest BCUT2D eigenvalue weighted by atomic mass is 10.0. The number of ether oxygens (including phenoxy) is 1. The molecule has 0 aliphatic heterocycles. The van der Waals surface area contributed by atoms with Crippen LogP contribution in [0, 0.1) is 16.7 Å². The van der Waals surface area contributed by atoms with Crippen molar-refractivity contribution < 1.29 is 9.53 Å². The van der Waals surface area contributed by atoms with Gasteiger partial charge in [0.05, 0.1) is 24.4 Å². The zero-order valence-corrected chi connectivity index (χ0v) is 9.85. The monoisotopic (exact) mass is 233 g/mol. The molecule has 1 aliphatic rings. The van der Waals surface area contributed by atoms with Crippen LogP contribution in [0.3, 0.4) is 0 Å². The predicted octanol–water partition coefficient (Wildman–Crippen LogP) is 1.75. The summed E-state index contributed by atoms with van der Waals surface area (Å²) in [4.78, 5) is 11.4. The molecule has 17 heavy (non-hydrogen) atoms. The SMILES string of the molecule is CCOC(=O)c1cnn(CC2(CC#N)CC2)c1. The van der Waals surface area contributed by atoms with Gasteiger partial charge in [-0.25, -0.2) is 4.79 Å². The summed E-state index contributed by atoms with van der Waals surface area (Å²) in [5.41, 5.74) is 0.562. The van der Waals surface area contributed by atoms with Gasteiger partial charge in [0.15, 0.2) is 0 Å². The molecule has 0 amide bonds. The fourth-order valence-electron chi connectivity index (χ4n) is 1.85. The number of nitrogens with zero attached hydrogens (tertiary/aromatic N) is 3. The fourth-order valence-corrected chi connectivity index (χ4v) is 1.85. The fraction of sp³-hybridized carbons (Fsp3) is 0.583. The third kappa shape index (κ3) is 2.64. The molecule has 1 aliphatic carbocycles. The molecule has 5 nitrogen and oxygen atoms in total. The summed E-state index contributed by atoms with van der Waals surface area (Å²) in [7, 11) is 0. The van der Waals surface area contributed by atoms with Gasteiger partial charge in [0.25, 0.3) is 0 Å². The molecule has 0 spiro atoms. The van der Waals surface area contributed by atoms with E-state index in [1.165, 1.54) is 6.20 Å². The summed E-state index contributed by atoms with van der Waals surface area (Å²) in [5, 5.41) is 12.9. The van der Waals surface area contributed by atoms with Crippen LogP contribution < -0.4 is 0 Å². The van der Waals surface area contributed by atoms with Gasteiger partial charge in [0.1, 0.15) is 0 Å². The van der Waals surface area contributed by atoms with Crippen LogP contribution in [0.25, 0.3) is 0 Å². The number of rotatable bonds is 5. The first-order valence-corrected chi connectivity index (χ1v) is 5.76. The van der Waals surface area contributed by atoms with Crippen molar-refractivity contribution in [2.45, 2.75) is 32.7 Å². The summed E-state index contributed by atoms with van der Waals surface area (Å²) >= 11 is 0. The summed E-state index contributed by atoms with van der Waals surface area (Å²) in [6.45, 7) is 2.84. The maximum Gasteiger partial charge on any atom is 0.341 e. The summed E-state index contributed by atoms with van der Waals surface area (Å²) in [6, 6.07) is 2.21. The number of nitriles is 1. The van der Waals surface area contributed by atoms with E-state index in [1.54, 1.807) is 17.8 Å². The minimum atomic E-state index is -0.344. The topological polar surface area (TPSA) is 67.9 Å². The maximum atomic E-state index is 11.4. The molecule has 0 radical (unpaired) electrons. The van der Waals surface area contributed by atoms with Gasteiger partial charge in [-0.1, -0.05) is 0 Å². The maximum absolute atomic E-state index is 11.4. The zero-order chi connectivity index (χ0) is 12.3. The molecule has 5 heteroatoms.